The number of carbonyl (C=O) groups excluding carboxylic acids is 1. The van der Waals surface area contributed by atoms with E-state index in [1.165, 1.54) is 12.7 Å². The van der Waals surface area contributed by atoms with Crippen LogP contribution in [0, 0.1) is 0 Å². The van der Waals surface area contributed by atoms with Crippen molar-refractivity contribution in [1.82, 2.24) is 0 Å². The van der Waals surface area contributed by atoms with Crippen molar-refractivity contribution in [2.24, 2.45) is 4.99 Å². The predicted octanol–water partition coefficient (Wildman–Crippen LogP) is 5.87. The summed E-state index contributed by atoms with van der Waals surface area (Å²) in [6.45, 7) is 8.37. The van der Waals surface area contributed by atoms with Gasteiger partial charge in [0.15, 0.2) is 0 Å². The van der Waals surface area contributed by atoms with E-state index in [2.05, 4.69) is 36.9 Å². The molecule has 2 aliphatic heterocycles. The Labute approximate surface area is 183 Å². The molecular weight excluding hydrogens is 388 g/mol. The number of fused-ring (bicyclic) bond motifs is 4. The summed E-state index contributed by atoms with van der Waals surface area (Å²) < 4.78 is 11.6. The van der Waals surface area contributed by atoms with Crippen molar-refractivity contribution in [2.75, 3.05) is 19.1 Å². The topological polar surface area (TPSA) is 51.1 Å². The second-order valence-corrected chi connectivity index (χ2v) is 8.06. The fourth-order valence-corrected chi connectivity index (χ4v) is 4.70. The van der Waals surface area contributed by atoms with Gasteiger partial charge in [0, 0.05) is 18.1 Å². The van der Waals surface area contributed by atoms with Crippen molar-refractivity contribution >= 4 is 34.3 Å². The van der Waals surface area contributed by atoms with Gasteiger partial charge in [0.1, 0.15) is 11.4 Å². The number of hydrogen-bond acceptors (Lipinski definition) is 5. The quantitative estimate of drug-likeness (QED) is 0.466. The predicted molar refractivity (Wildman–Crippen MR) is 126 cm³/mol. The molecule has 0 aromatic heterocycles. The maximum Gasteiger partial charge on any atom is 0.338 e. The van der Waals surface area contributed by atoms with Gasteiger partial charge in [0.2, 0.25) is 5.72 Å². The number of esters is 1. The summed E-state index contributed by atoms with van der Waals surface area (Å²) in [4.78, 5) is 19.2. The smallest absolute Gasteiger partial charge is 0.338 e. The average Bonchev–Trinajstić information content (AvgIpc) is 2.97. The lowest BCUT2D eigenvalue weighted by atomic mass is 9.77. The van der Waals surface area contributed by atoms with E-state index < -0.39 is 5.72 Å². The van der Waals surface area contributed by atoms with Crippen LogP contribution in [0.3, 0.4) is 0 Å². The summed E-state index contributed by atoms with van der Waals surface area (Å²) in [5, 5.41) is 1.67. The number of benzene rings is 3. The molecule has 5 nitrogen and oxygen atoms in total. The van der Waals surface area contributed by atoms with Crippen LogP contribution in [0.1, 0.15) is 43.6 Å². The number of rotatable bonds is 1. The van der Waals surface area contributed by atoms with E-state index in [1.807, 2.05) is 57.4 Å². The fraction of sp³-hybridized carbons (Fsp3) is 0.308. The van der Waals surface area contributed by atoms with E-state index in [4.69, 9.17) is 14.5 Å². The monoisotopic (exact) mass is 416 g/mol. The Hall–Kier alpha value is -3.34. The minimum Gasteiger partial charge on any atom is -0.465 e. The van der Waals surface area contributed by atoms with Gasteiger partial charge < -0.3 is 14.4 Å². The van der Waals surface area contributed by atoms with E-state index in [9.17, 15) is 4.79 Å². The van der Waals surface area contributed by atoms with E-state index in [0.717, 1.165) is 22.1 Å². The van der Waals surface area contributed by atoms with Crippen LogP contribution in [-0.4, -0.2) is 32.1 Å². The SMILES string of the molecule is CC.COC(=O)c1cccc2c3c(ccc12)OC1(C=N3)N(C)c2ccccc2C1(C)C. The second-order valence-electron chi connectivity index (χ2n) is 8.06. The molecule has 31 heavy (non-hydrogen) atoms. The van der Waals surface area contributed by atoms with Gasteiger partial charge in [-0.05, 0) is 49.1 Å². The standard InChI is InChI=1S/C24H22N2O3.C2H6/c1-23(2)18-10-5-6-11-19(18)26(3)24(23)14-25-21-16-8-7-9-17(22(27)28-4)15(16)12-13-20(21)29-24;1-2/h5-14H,1-4H3;1-2H3. The van der Waals surface area contributed by atoms with Crippen LogP contribution in [-0.2, 0) is 10.2 Å². The summed E-state index contributed by atoms with van der Waals surface area (Å²) in [6.07, 6.45) is 1.90. The van der Waals surface area contributed by atoms with Crippen molar-refractivity contribution < 1.29 is 14.3 Å². The highest BCUT2D eigenvalue weighted by Crippen LogP contribution is 2.54. The molecule has 0 N–H and O–H groups in total. The Kier molecular flexibility index (Phi) is 5.00. The first-order valence-corrected chi connectivity index (χ1v) is 10.6. The molecule has 3 aromatic rings. The highest BCUT2D eigenvalue weighted by Gasteiger charge is 2.58. The number of anilines is 1. The van der Waals surface area contributed by atoms with Crippen LogP contribution < -0.4 is 9.64 Å². The van der Waals surface area contributed by atoms with Crippen LogP contribution in [0.25, 0.3) is 10.8 Å². The van der Waals surface area contributed by atoms with E-state index in [-0.39, 0.29) is 11.4 Å². The molecule has 0 saturated carbocycles. The molecule has 0 bridgehead atoms. The zero-order chi connectivity index (χ0) is 22.4. The molecule has 1 spiro atoms. The third-order valence-electron chi connectivity index (χ3n) is 6.37. The van der Waals surface area contributed by atoms with Crippen molar-refractivity contribution in [1.29, 1.82) is 0 Å². The summed E-state index contributed by atoms with van der Waals surface area (Å²) in [6, 6.07) is 17.7. The summed E-state index contributed by atoms with van der Waals surface area (Å²) in [5.74, 6) is 0.342. The van der Waals surface area contributed by atoms with Crippen molar-refractivity contribution in [3.05, 3.63) is 65.7 Å². The Morgan fingerprint density at radius 3 is 2.45 bits per heavy atom. The van der Waals surface area contributed by atoms with Crippen LogP contribution in [0.15, 0.2) is 59.6 Å². The van der Waals surface area contributed by atoms with Gasteiger partial charge in [0.25, 0.3) is 0 Å². The number of hydrogen-bond donors (Lipinski definition) is 0. The lowest BCUT2D eigenvalue weighted by Gasteiger charge is -2.45. The lowest BCUT2D eigenvalue weighted by Crippen LogP contribution is -2.61. The second kappa shape index (κ2) is 7.41. The largest absolute Gasteiger partial charge is 0.465 e. The first kappa shape index (κ1) is 20.9. The summed E-state index contributed by atoms with van der Waals surface area (Å²) in [5.41, 5.74) is 2.60. The molecule has 0 amide bonds. The number of carbonyl (C=O) groups is 1. The summed E-state index contributed by atoms with van der Waals surface area (Å²) in [7, 11) is 3.43. The van der Waals surface area contributed by atoms with Gasteiger partial charge in [-0.15, -0.1) is 0 Å². The van der Waals surface area contributed by atoms with Crippen LogP contribution in [0.2, 0.25) is 0 Å². The van der Waals surface area contributed by atoms with Gasteiger partial charge >= 0.3 is 5.97 Å². The number of likely N-dealkylation sites (N-methyl/N-ethyl adjacent to an activating group) is 1. The molecule has 2 heterocycles. The van der Waals surface area contributed by atoms with Gasteiger partial charge in [-0.25, -0.2) is 4.79 Å². The normalized spacial score (nSPS) is 19.9. The molecule has 1 atom stereocenters. The van der Waals surface area contributed by atoms with E-state index in [0.29, 0.717) is 11.3 Å². The molecule has 1 unspecified atom stereocenters. The molecule has 0 aliphatic carbocycles. The number of ether oxygens (including phenoxy) is 2. The Morgan fingerprint density at radius 2 is 1.74 bits per heavy atom. The zero-order valence-corrected chi connectivity index (χ0v) is 18.9. The molecule has 5 rings (SSSR count). The Bertz CT molecular complexity index is 1200. The van der Waals surface area contributed by atoms with Crippen molar-refractivity contribution in [3.8, 4) is 5.75 Å². The van der Waals surface area contributed by atoms with Crippen LogP contribution in [0.4, 0.5) is 11.4 Å². The molecule has 5 heteroatoms. The first-order chi connectivity index (χ1) is 14.9. The maximum atomic E-state index is 12.2. The fourth-order valence-electron chi connectivity index (χ4n) is 4.70. The Balaban J connectivity index is 0.00000112. The molecule has 2 aliphatic rings. The maximum absolute atomic E-state index is 12.2. The molecule has 3 aromatic carbocycles. The zero-order valence-electron chi connectivity index (χ0n) is 18.9. The highest BCUT2D eigenvalue weighted by molar-refractivity contribution is 6.09. The average molecular weight is 417 g/mol. The summed E-state index contributed by atoms with van der Waals surface area (Å²) >= 11 is 0. The van der Waals surface area contributed by atoms with Crippen molar-refractivity contribution in [3.63, 3.8) is 0 Å². The molecular formula is C26H28N2O3. The molecule has 0 fully saturated rings. The number of nitrogens with zero attached hydrogens (tertiary/aromatic N) is 2. The first-order valence-electron chi connectivity index (χ1n) is 10.6. The van der Waals surface area contributed by atoms with Gasteiger partial charge in [-0.1, -0.05) is 44.2 Å². The van der Waals surface area contributed by atoms with Gasteiger partial charge in [-0.3, -0.25) is 4.99 Å². The number of para-hydroxylation sites is 1. The highest BCUT2D eigenvalue weighted by atomic mass is 16.5. The number of methoxy groups -OCH3 is 1. The van der Waals surface area contributed by atoms with E-state index >= 15 is 0 Å². The minimum absolute atomic E-state index is 0.303. The number of aliphatic imine (C=N–C) groups is 1. The van der Waals surface area contributed by atoms with Crippen molar-refractivity contribution in [2.45, 2.75) is 38.8 Å². The third kappa shape index (κ3) is 2.76. The van der Waals surface area contributed by atoms with Gasteiger partial charge in [-0.2, -0.15) is 0 Å². The molecule has 0 saturated heterocycles. The minimum atomic E-state index is -0.725. The lowest BCUT2D eigenvalue weighted by molar-refractivity contribution is 0.0603. The van der Waals surface area contributed by atoms with E-state index in [1.54, 1.807) is 6.07 Å². The third-order valence-corrected chi connectivity index (χ3v) is 6.37. The van der Waals surface area contributed by atoms with Crippen LogP contribution >= 0.6 is 0 Å². The molecule has 0 radical (unpaired) electrons. The van der Waals surface area contributed by atoms with Crippen LogP contribution in [0.5, 0.6) is 5.75 Å². The van der Waals surface area contributed by atoms with Gasteiger partial charge in [0.05, 0.1) is 24.3 Å². The Morgan fingerprint density at radius 1 is 1.00 bits per heavy atom. The molecule has 160 valence electrons.